The zero-order valence-electron chi connectivity index (χ0n) is 12.8. The van der Waals surface area contributed by atoms with E-state index in [0.29, 0.717) is 16.2 Å². The molecule has 0 saturated carbocycles. The number of anilines is 1. The number of hydrogen-bond acceptors (Lipinski definition) is 2. The van der Waals surface area contributed by atoms with E-state index in [1.54, 1.807) is 0 Å². The molecule has 1 aliphatic rings. The topological polar surface area (TPSA) is 27.3 Å². The summed E-state index contributed by atoms with van der Waals surface area (Å²) >= 11 is 11.4. The van der Waals surface area contributed by atoms with E-state index in [-0.39, 0.29) is 0 Å². The molecule has 0 aliphatic carbocycles. The van der Waals surface area contributed by atoms with Gasteiger partial charge < -0.3 is 10.6 Å². The van der Waals surface area contributed by atoms with E-state index in [0.717, 1.165) is 31.7 Å². The van der Waals surface area contributed by atoms with Gasteiger partial charge in [-0.05, 0) is 42.4 Å². The lowest BCUT2D eigenvalue weighted by Crippen LogP contribution is -2.39. The molecule has 3 nitrogen and oxygen atoms in total. The van der Waals surface area contributed by atoms with Crippen molar-refractivity contribution in [1.82, 2.24) is 10.2 Å². The Morgan fingerprint density at radius 2 is 2.00 bits per heavy atom. The van der Waals surface area contributed by atoms with E-state index in [4.69, 9.17) is 23.8 Å². The van der Waals surface area contributed by atoms with E-state index in [2.05, 4.69) is 45.9 Å². The lowest BCUT2D eigenvalue weighted by molar-refractivity contribution is 0.324. The van der Waals surface area contributed by atoms with Crippen LogP contribution in [0.3, 0.4) is 0 Å². The highest BCUT2D eigenvalue weighted by molar-refractivity contribution is 7.80. The highest BCUT2D eigenvalue weighted by atomic mass is 35.5. The first kappa shape index (κ1) is 16.2. The predicted octanol–water partition coefficient (Wildman–Crippen LogP) is 3.90. The largest absolute Gasteiger partial charge is 0.358 e. The van der Waals surface area contributed by atoms with Gasteiger partial charge in [0.2, 0.25) is 0 Å². The number of halogens is 1. The summed E-state index contributed by atoms with van der Waals surface area (Å²) in [5.41, 5.74) is 2.27. The average Bonchev–Trinajstić information content (AvgIpc) is 2.95. The first-order valence-electron chi connectivity index (χ1n) is 7.78. The summed E-state index contributed by atoms with van der Waals surface area (Å²) in [4.78, 5) is 2.45. The molecule has 0 unspecified atom stereocenters. The van der Waals surface area contributed by atoms with E-state index in [1.807, 2.05) is 24.3 Å². The molecule has 1 saturated heterocycles. The number of thiocarbonyl (C=S) groups is 1. The van der Waals surface area contributed by atoms with Crippen LogP contribution in [0, 0.1) is 0 Å². The molecule has 5 heteroatoms. The Morgan fingerprint density at radius 3 is 2.78 bits per heavy atom. The maximum absolute atomic E-state index is 5.98. The fourth-order valence-electron chi connectivity index (χ4n) is 2.85. The van der Waals surface area contributed by atoms with Crippen LogP contribution in [0.25, 0.3) is 0 Å². The van der Waals surface area contributed by atoms with Crippen molar-refractivity contribution < 1.29 is 0 Å². The van der Waals surface area contributed by atoms with Crippen molar-refractivity contribution in [2.24, 2.45) is 0 Å². The predicted molar refractivity (Wildman–Crippen MR) is 101 cm³/mol. The highest BCUT2D eigenvalue weighted by Crippen LogP contribution is 2.16. The molecule has 2 aromatic carbocycles. The number of benzene rings is 2. The van der Waals surface area contributed by atoms with Crippen molar-refractivity contribution in [2.75, 3.05) is 18.4 Å². The van der Waals surface area contributed by atoms with Gasteiger partial charge in [-0.1, -0.05) is 48.0 Å². The molecule has 2 aromatic rings. The molecule has 3 rings (SSSR count). The number of likely N-dealkylation sites (tertiary alicyclic amines) is 1. The Bertz CT molecular complexity index is 662. The van der Waals surface area contributed by atoms with Gasteiger partial charge in [-0.25, -0.2) is 0 Å². The number of rotatable bonds is 4. The van der Waals surface area contributed by atoms with Crippen molar-refractivity contribution >= 4 is 34.6 Å². The number of nitrogens with zero attached hydrogens (tertiary/aromatic N) is 1. The molecular weight excluding hydrogens is 326 g/mol. The zero-order valence-corrected chi connectivity index (χ0v) is 14.4. The standard InChI is InChI=1S/C18H20ClN3S/c19-15-7-4-8-16(11-15)20-18(23)21-17-9-10-22(13-17)12-14-5-2-1-3-6-14/h1-8,11,17H,9-10,12-13H2,(H2,20,21,23)/t17-/m1/s1. The third kappa shape index (κ3) is 4.93. The summed E-state index contributed by atoms with van der Waals surface area (Å²) in [5, 5.41) is 7.94. The summed E-state index contributed by atoms with van der Waals surface area (Å²) in [6.45, 7) is 3.09. The lowest BCUT2D eigenvalue weighted by Gasteiger charge is -2.18. The molecule has 1 heterocycles. The van der Waals surface area contributed by atoms with Gasteiger partial charge in [0.1, 0.15) is 0 Å². The van der Waals surface area contributed by atoms with Gasteiger partial charge in [0.25, 0.3) is 0 Å². The third-order valence-electron chi connectivity index (χ3n) is 3.94. The van der Waals surface area contributed by atoms with Gasteiger partial charge in [-0.2, -0.15) is 0 Å². The third-order valence-corrected chi connectivity index (χ3v) is 4.39. The summed E-state index contributed by atoms with van der Waals surface area (Å²) in [6.07, 6.45) is 1.10. The number of nitrogens with one attached hydrogen (secondary N) is 2. The Labute approximate surface area is 147 Å². The summed E-state index contributed by atoms with van der Waals surface area (Å²) in [7, 11) is 0. The minimum absolute atomic E-state index is 0.387. The summed E-state index contributed by atoms with van der Waals surface area (Å²) < 4.78 is 0. The van der Waals surface area contributed by atoms with Crippen LogP contribution in [0.4, 0.5) is 5.69 Å². The maximum Gasteiger partial charge on any atom is 0.171 e. The molecule has 0 radical (unpaired) electrons. The fraction of sp³-hybridized carbons (Fsp3) is 0.278. The van der Waals surface area contributed by atoms with Crippen molar-refractivity contribution in [2.45, 2.75) is 19.0 Å². The Balaban J connectivity index is 1.47. The zero-order chi connectivity index (χ0) is 16.1. The lowest BCUT2D eigenvalue weighted by atomic mass is 10.2. The molecule has 0 spiro atoms. The van der Waals surface area contributed by atoms with Crippen LogP contribution in [0.5, 0.6) is 0 Å². The smallest absolute Gasteiger partial charge is 0.171 e. The first-order chi connectivity index (χ1) is 11.2. The molecular formula is C18H20ClN3S. The molecule has 23 heavy (non-hydrogen) atoms. The summed E-state index contributed by atoms with van der Waals surface area (Å²) in [5.74, 6) is 0. The molecule has 0 amide bonds. The first-order valence-corrected chi connectivity index (χ1v) is 8.57. The number of hydrogen-bond donors (Lipinski definition) is 2. The van der Waals surface area contributed by atoms with Gasteiger partial charge in [0, 0.05) is 36.4 Å². The minimum Gasteiger partial charge on any atom is -0.358 e. The summed E-state index contributed by atoms with van der Waals surface area (Å²) in [6, 6.07) is 18.5. The SMILES string of the molecule is S=C(Nc1cccc(Cl)c1)N[C@@H]1CCN(Cc2ccccc2)C1. The molecule has 1 aliphatic heterocycles. The fourth-order valence-corrected chi connectivity index (χ4v) is 3.33. The monoisotopic (exact) mass is 345 g/mol. The molecule has 1 atom stereocenters. The van der Waals surface area contributed by atoms with Crippen LogP contribution >= 0.6 is 23.8 Å². The van der Waals surface area contributed by atoms with Gasteiger partial charge >= 0.3 is 0 Å². The van der Waals surface area contributed by atoms with Crippen molar-refractivity contribution in [3.63, 3.8) is 0 Å². The Hall–Kier alpha value is -1.62. The van der Waals surface area contributed by atoms with E-state index < -0.39 is 0 Å². The Morgan fingerprint density at radius 1 is 1.17 bits per heavy atom. The second-order valence-electron chi connectivity index (χ2n) is 5.82. The Kier molecular flexibility index (Phi) is 5.49. The molecule has 120 valence electrons. The van der Waals surface area contributed by atoms with Crippen LogP contribution in [-0.2, 0) is 6.54 Å². The molecule has 1 fully saturated rings. The normalized spacial score (nSPS) is 17.9. The quantitative estimate of drug-likeness (QED) is 0.822. The van der Waals surface area contributed by atoms with E-state index in [9.17, 15) is 0 Å². The van der Waals surface area contributed by atoms with Crippen molar-refractivity contribution in [1.29, 1.82) is 0 Å². The van der Waals surface area contributed by atoms with Crippen LogP contribution in [-0.4, -0.2) is 29.1 Å². The molecule has 2 N–H and O–H groups in total. The van der Waals surface area contributed by atoms with Crippen LogP contribution in [0.15, 0.2) is 54.6 Å². The molecule has 0 aromatic heterocycles. The van der Waals surface area contributed by atoms with Gasteiger partial charge in [0.05, 0.1) is 0 Å². The van der Waals surface area contributed by atoms with E-state index in [1.165, 1.54) is 5.56 Å². The van der Waals surface area contributed by atoms with Gasteiger partial charge in [-0.15, -0.1) is 0 Å². The van der Waals surface area contributed by atoms with Crippen LogP contribution < -0.4 is 10.6 Å². The second kappa shape index (κ2) is 7.77. The van der Waals surface area contributed by atoms with Crippen LogP contribution in [0.2, 0.25) is 5.02 Å². The minimum atomic E-state index is 0.387. The molecule has 0 bridgehead atoms. The van der Waals surface area contributed by atoms with Gasteiger partial charge in [-0.3, -0.25) is 4.90 Å². The highest BCUT2D eigenvalue weighted by Gasteiger charge is 2.22. The van der Waals surface area contributed by atoms with Gasteiger partial charge in [0.15, 0.2) is 5.11 Å². The van der Waals surface area contributed by atoms with Crippen molar-refractivity contribution in [3.05, 3.63) is 65.2 Å². The second-order valence-corrected chi connectivity index (χ2v) is 6.66. The average molecular weight is 346 g/mol. The maximum atomic E-state index is 5.98. The van der Waals surface area contributed by atoms with Crippen molar-refractivity contribution in [3.8, 4) is 0 Å². The van der Waals surface area contributed by atoms with E-state index >= 15 is 0 Å². The van der Waals surface area contributed by atoms with Crippen LogP contribution in [0.1, 0.15) is 12.0 Å².